The molecule has 0 aliphatic carbocycles. The monoisotopic (exact) mass is 240 g/mol. The van der Waals surface area contributed by atoms with Crippen LogP contribution in [0.25, 0.3) is 0 Å². The summed E-state index contributed by atoms with van der Waals surface area (Å²) < 4.78 is 5.00. The number of benzene rings is 1. The predicted octanol–water partition coefficient (Wildman–Crippen LogP) is 2.03. The molecule has 2 rings (SSSR count). The number of cyclic esters (lactones) is 1. The van der Waals surface area contributed by atoms with E-state index in [1.165, 1.54) is 0 Å². The molecule has 2 atom stereocenters. The maximum atomic E-state index is 11.1. The van der Waals surface area contributed by atoms with Crippen molar-refractivity contribution in [2.24, 2.45) is 5.92 Å². The van der Waals surface area contributed by atoms with E-state index in [1.807, 2.05) is 0 Å². The lowest BCUT2D eigenvalue weighted by Crippen LogP contribution is -2.17. The summed E-state index contributed by atoms with van der Waals surface area (Å²) in [5, 5.41) is 9.39. The van der Waals surface area contributed by atoms with Gasteiger partial charge in [-0.15, -0.1) is 0 Å². The van der Waals surface area contributed by atoms with E-state index in [0.29, 0.717) is 10.6 Å². The van der Waals surface area contributed by atoms with Crippen molar-refractivity contribution in [3.63, 3.8) is 0 Å². The maximum absolute atomic E-state index is 11.1. The fourth-order valence-electron chi connectivity index (χ4n) is 1.76. The Morgan fingerprint density at radius 2 is 2.12 bits per heavy atom. The first-order chi connectivity index (χ1) is 7.59. The van der Waals surface area contributed by atoms with Crippen LogP contribution in [0.1, 0.15) is 18.1 Å². The Labute approximate surface area is 96.8 Å². The second-order valence-electron chi connectivity index (χ2n) is 3.58. The molecule has 0 amide bonds. The molecule has 1 aromatic rings. The van der Waals surface area contributed by atoms with Crippen molar-refractivity contribution >= 4 is 23.5 Å². The molecule has 0 unspecified atom stereocenters. The van der Waals surface area contributed by atoms with Gasteiger partial charge >= 0.3 is 11.9 Å². The van der Waals surface area contributed by atoms with Gasteiger partial charge in [0, 0.05) is 10.6 Å². The smallest absolute Gasteiger partial charge is 0.311 e. The molecule has 0 saturated carbocycles. The first-order valence-corrected chi connectivity index (χ1v) is 5.14. The zero-order valence-corrected chi connectivity index (χ0v) is 8.98. The Kier molecular flexibility index (Phi) is 2.83. The van der Waals surface area contributed by atoms with Gasteiger partial charge in [-0.2, -0.15) is 0 Å². The minimum atomic E-state index is -1.05. The summed E-state index contributed by atoms with van der Waals surface area (Å²) in [4.78, 5) is 22.1. The van der Waals surface area contributed by atoms with Crippen LogP contribution < -0.4 is 0 Å². The Hall–Kier alpha value is -1.55. The maximum Gasteiger partial charge on any atom is 0.311 e. The van der Waals surface area contributed by atoms with Crippen molar-refractivity contribution in [1.29, 1.82) is 0 Å². The van der Waals surface area contributed by atoms with Gasteiger partial charge in [-0.1, -0.05) is 29.8 Å². The van der Waals surface area contributed by atoms with Gasteiger partial charge in [0.15, 0.2) is 0 Å². The average Bonchev–Trinajstić information content (AvgIpc) is 2.61. The quantitative estimate of drug-likeness (QED) is 0.804. The van der Waals surface area contributed by atoms with Crippen LogP contribution in [-0.2, 0) is 14.3 Å². The summed E-state index contributed by atoms with van der Waals surface area (Å²) in [5.41, 5.74) is 0.544. The zero-order valence-electron chi connectivity index (χ0n) is 8.22. The molecule has 16 heavy (non-hydrogen) atoms. The molecule has 1 fully saturated rings. The molecular weight excluding hydrogens is 232 g/mol. The molecule has 1 aromatic carbocycles. The second kappa shape index (κ2) is 4.14. The highest BCUT2D eigenvalue weighted by molar-refractivity contribution is 6.31. The highest BCUT2D eigenvalue weighted by Gasteiger charge is 2.41. The van der Waals surface area contributed by atoms with Gasteiger partial charge in [0.2, 0.25) is 0 Å². The number of carbonyl (C=O) groups is 2. The number of carboxylic acid groups (broad SMARTS) is 1. The van der Waals surface area contributed by atoms with Crippen LogP contribution in [0.3, 0.4) is 0 Å². The molecule has 0 aromatic heterocycles. The first-order valence-electron chi connectivity index (χ1n) is 4.76. The van der Waals surface area contributed by atoms with Crippen LogP contribution in [0, 0.1) is 5.92 Å². The first kappa shape index (κ1) is 11.0. The molecule has 1 heterocycles. The Bertz CT molecular complexity index is 443. The number of carbonyl (C=O) groups excluding carboxylic acids is 1. The number of hydrogen-bond donors (Lipinski definition) is 1. The molecule has 1 aliphatic heterocycles. The Balaban J connectivity index is 2.36. The summed E-state index contributed by atoms with van der Waals surface area (Å²) in [6.07, 6.45) is -0.885. The Morgan fingerprint density at radius 3 is 2.75 bits per heavy atom. The van der Waals surface area contributed by atoms with Gasteiger partial charge in [0.25, 0.3) is 0 Å². The van der Waals surface area contributed by atoms with Crippen molar-refractivity contribution in [3.05, 3.63) is 34.9 Å². The van der Waals surface area contributed by atoms with Crippen LogP contribution in [0.15, 0.2) is 24.3 Å². The van der Waals surface area contributed by atoms with E-state index in [0.717, 1.165) is 0 Å². The number of aliphatic carboxylic acids is 1. The fourth-order valence-corrected chi connectivity index (χ4v) is 2.00. The molecule has 0 radical (unpaired) electrons. The van der Waals surface area contributed by atoms with Gasteiger partial charge < -0.3 is 9.84 Å². The summed E-state index contributed by atoms with van der Waals surface area (Å²) in [6.45, 7) is 0. The van der Waals surface area contributed by atoms with Crippen LogP contribution in [0.2, 0.25) is 5.02 Å². The summed E-state index contributed by atoms with van der Waals surface area (Å²) in [7, 11) is 0. The van der Waals surface area contributed by atoms with E-state index in [-0.39, 0.29) is 6.42 Å². The molecule has 4 nitrogen and oxygen atoms in total. The van der Waals surface area contributed by atoms with Gasteiger partial charge in [-0.3, -0.25) is 9.59 Å². The molecular formula is C11H9ClO4. The number of ether oxygens (including phenoxy) is 1. The number of hydrogen-bond acceptors (Lipinski definition) is 3. The Morgan fingerprint density at radius 1 is 1.44 bits per heavy atom. The minimum Gasteiger partial charge on any atom is -0.481 e. The summed E-state index contributed by atoms with van der Waals surface area (Å²) in [6, 6.07) is 6.77. The third-order valence-corrected chi connectivity index (χ3v) is 2.88. The van der Waals surface area contributed by atoms with Crippen molar-refractivity contribution < 1.29 is 19.4 Å². The lowest BCUT2D eigenvalue weighted by atomic mass is 9.95. The molecule has 0 bridgehead atoms. The van der Waals surface area contributed by atoms with Gasteiger partial charge in [-0.05, 0) is 6.07 Å². The van der Waals surface area contributed by atoms with Crippen molar-refractivity contribution in [2.75, 3.05) is 0 Å². The van der Waals surface area contributed by atoms with Crippen molar-refractivity contribution in [1.82, 2.24) is 0 Å². The number of halogens is 1. The largest absolute Gasteiger partial charge is 0.481 e. The number of rotatable bonds is 2. The van der Waals surface area contributed by atoms with Crippen LogP contribution >= 0.6 is 11.6 Å². The van der Waals surface area contributed by atoms with E-state index >= 15 is 0 Å². The average molecular weight is 241 g/mol. The van der Waals surface area contributed by atoms with Crippen LogP contribution in [0.5, 0.6) is 0 Å². The van der Waals surface area contributed by atoms with E-state index in [4.69, 9.17) is 21.4 Å². The summed E-state index contributed by atoms with van der Waals surface area (Å²) >= 11 is 5.94. The third-order valence-electron chi connectivity index (χ3n) is 2.54. The molecule has 5 heteroatoms. The molecule has 0 spiro atoms. The molecule has 1 aliphatic rings. The fraction of sp³-hybridized carbons (Fsp3) is 0.273. The van der Waals surface area contributed by atoms with E-state index in [9.17, 15) is 9.59 Å². The van der Waals surface area contributed by atoms with E-state index in [1.54, 1.807) is 24.3 Å². The minimum absolute atomic E-state index is 0.106. The topological polar surface area (TPSA) is 63.6 Å². The number of carboxylic acids is 1. The van der Waals surface area contributed by atoms with E-state index in [2.05, 4.69) is 0 Å². The molecule has 1 saturated heterocycles. The molecule has 1 N–H and O–H groups in total. The third kappa shape index (κ3) is 1.88. The normalized spacial score (nSPS) is 24.2. The van der Waals surface area contributed by atoms with Crippen molar-refractivity contribution in [2.45, 2.75) is 12.5 Å². The lowest BCUT2D eigenvalue weighted by Gasteiger charge is -2.15. The standard InChI is InChI=1S/C11H9ClO4/c12-8-4-2-1-3-6(8)10-7(11(14)15)5-9(13)16-10/h1-4,7,10H,5H2,(H,14,15)/t7-,10-/m1/s1. The molecule has 84 valence electrons. The highest BCUT2D eigenvalue weighted by Crippen LogP contribution is 2.38. The lowest BCUT2D eigenvalue weighted by molar-refractivity contribution is -0.144. The number of esters is 1. The summed E-state index contributed by atoms with van der Waals surface area (Å²) in [5.74, 6) is -2.40. The highest BCUT2D eigenvalue weighted by atomic mass is 35.5. The van der Waals surface area contributed by atoms with Gasteiger partial charge in [0.05, 0.1) is 6.42 Å². The van der Waals surface area contributed by atoms with E-state index < -0.39 is 24.0 Å². The van der Waals surface area contributed by atoms with Gasteiger partial charge in [0.1, 0.15) is 12.0 Å². The SMILES string of the molecule is O=C1C[C@@H](C(=O)O)[C@@H](c2ccccc2Cl)O1. The predicted molar refractivity (Wildman–Crippen MR) is 56.0 cm³/mol. The van der Waals surface area contributed by atoms with Gasteiger partial charge in [-0.25, -0.2) is 0 Å². The zero-order chi connectivity index (χ0) is 11.7. The van der Waals surface area contributed by atoms with Crippen molar-refractivity contribution in [3.8, 4) is 0 Å². The second-order valence-corrected chi connectivity index (χ2v) is 3.99. The van der Waals surface area contributed by atoms with Crippen LogP contribution in [-0.4, -0.2) is 17.0 Å². The van der Waals surface area contributed by atoms with Crippen LogP contribution in [0.4, 0.5) is 0 Å².